The van der Waals surface area contributed by atoms with Crippen LogP contribution in [-0.2, 0) is 16.5 Å². The van der Waals surface area contributed by atoms with Crippen LogP contribution in [0.3, 0.4) is 0 Å². The normalized spacial score (nSPS) is 12.3. The molecule has 0 aliphatic carbocycles. The number of hydrogen-bond donors (Lipinski definition) is 0. The topological polar surface area (TPSA) is 9.23 Å². The van der Waals surface area contributed by atoms with Crippen LogP contribution in [0.1, 0.15) is 11.1 Å². The standard InChI is InChI=1S/C16H18OSe/c1-17-16(12-14-8-4-2-5-9-14)18-13-15-10-6-3-7-11-15/h2-11,16H,12-13H2,1H3. The quantitative estimate of drug-likeness (QED) is 0.745. The van der Waals surface area contributed by atoms with Crippen molar-refractivity contribution in [3.8, 4) is 0 Å². The minimum atomic E-state index is 0.361. The van der Waals surface area contributed by atoms with E-state index in [4.69, 9.17) is 4.74 Å². The summed E-state index contributed by atoms with van der Waals surface area (Å²) in [5, 5.41) is 1.50. The number of benzene rings is 2. The van der Waals surface area contributed by atoms with Crippen molar-refractivity contribution in [1.82, 2.24) is 0 Å². The van der Waals surface area contributed by atoms with E-state index in [1.54, 1.807) is 0 Å². The first-order chi connectivity index (χ1) is 8.88. The Morgan fingerprint density at radius 3 is 2.00 bits per heavy atom. The van der Waals surface area contributed by atoms with Gasteiger partial charge in [-0.2, -0.15) is 0 Å². The summed E-state index contributed by atoms with van der Waals surface area (Å²) < 4.78 is 5.60. The minimum absolute atomic E-state index is 0.361. The van der Waals surface area contributed by atoms with Gasteiger partial charge in [0.05, 0.1) is 0 Å². The second-order valence-electron chi connectivity index (χ2n) is 4.15. The van der Waals surface area contributed by atoms with Crippen molar-refractivity contribution in [1.29, 1.82) is 0 Å². The molecule has 0 spiro atoms. The molecule has 0 fully saturated rings. The maximum absolute atomic E-state index is 5.60. The van der Waals surface area contributed by atoms with E-state index in [0.29, 0.717) is 20.0 Å². The molecule has 0 saturated carbocycles. The molecule has 18 heavy (non-hydrogen) atoms. The van der Waals surface area contributed by atoms with Crippen LogP contribution >= 0.6 is 0 Å². The molecule has 0 heterocycles. The summed E-state index contributed by atoms with van der Waals surface area (Å²) in [6.45, 7) is 0. The molecule has 2 rings (SSSR count). The molecular formula is C16H18OSe. The molecule has 94 valence electrons. The third-order valence-corrected chi connectivity index (χ3v) is 5.37. The van der Waals surface area contributed by atoms with E-state index >= 15 is 0 Å². The first kappa shape index (κ1) is 13.4. The predicted molar refractivity (Wildman–Crippen MR) is 76.8 cm³/mol. The second kappa shape index (κ2) is 7.38. The van der Waals surface area contributed by atoms with Crippen molar-refractivity contribution in [2.75, 3.05) is 7.11 Å². The average Bonchev–Trinajstić information content (AvgIpc) is 2.45. The molecule has 0 aromatic heterocycles. The molecule has 1 atom stereocenters. The van der Waals surface area contributed by atoms with Gasteiger partial charge in [-0.3, -0.25) is 0 Å². The number of ether oxygens (including phenoxy) is 1. The molecule has 2 heteroatoms. The Hall–Kier alpha value is -1.08. The predicted octanol–water partition coefficient (Wildman–Crippen LogP) is 3.11. The van der Waals surface area contributed by atoms with Gasteiger partial charge in [-0.15, -0.1) is 0 Å². The van der Waals surface area contributed by atoms with Crippen molar-refractivity contribution in [2.45, 2.75) is 16.7 Å². The van der Waals surface area contributed by atoms with Gasteiger partial charge in [0.1, 0.15) is 0 Å². The molecule has 1 unspecified atom stereocenters. The van der Waals surface area contributed by atoms with Gasteiger partial charge >= 0.3 is 115 Å². The zero-order valence-corrected chi connectivity index (χ0v) is 12.3. The van der Waals surface area contributed by atoms with Gasteiger partial charge in [-0.25, -0.2) is 0 Å². The van der Waals surface area contributed by atoms with E-state index in [2.05, 4.69) is 60.7 Å². The summed E-state index contributed by atoms with van der Waals surface area (Å²) in [7, 11) is 1.82. The van der Waals surface area contributed by atoms with Crippen molar-refractivity contribution >= 4 is 15.0 Å². The van der Waals surface area contributed by atoms with E-state index in [1.807, 2.05) is 7.11 Å². The van der Waals surface area contributed by atoms with Crippen LogP contribution in [0, 0.1) is 0 Å². The Balaban J connectivity index is 1.86. The first-order valence-electron chi connectivity index (χ1n) is 6.11. The van der Waals surface area contributed by atoms with Gasteiger partial charge in [0, 0.05) is 0 Å². The van der Waals surface area contributed by atoms with Crippen LogP contribution in [0.15, 0.2) is 60.7 Å². The summed E-state index contributed by atoms with van der Waals surface area (Å²) in [6.07, 6.45) is 1.02. The molecule has 0 radical (unpaired) electrons. The molecule has 2 aromatic rings. The van der Waals surface area contributed by atoms with Crippen LogP contribution in [0.4, 0.5) is 0 Å². The average molecular weight is 305 g/mol. The molecule has 0 N–H and O–H groups in total. The Bertz CT molecular complexity index is 441. The Morgan fingerprint density at radius 2 is 1.44 bits per heavy atom. The van der Waals surface area contributed by atoms with Gasteiger partial charge in [-0.05, 0) is 0 Å². The summed E-state index contributed by atoms with van der Waals surface area (Å²) in [6, 6.07) is 21.2. The van der Waals surface area contributed by atoms with E-state index in [0.717, 1.165) is 11.7 Å². The molecule has 2 aromatic carbocycles. The van der Waals surface area contributed by atoms with Gasteiger partial charge in [0.25, 0.3) is 0 Å². The van der Waals surface area contributed by atoms with Crippen LogP contribution < -0.4 is 0 Å². The van der Waals surface area contributed by atoms with Crippen molar-refractivity contribution in [3.05, 3.63) is 71.8 Å². The number of methoxy groups -OCH3 is 1. The van der Waals surface area contributed by atoms with Crippen LogP contribution in [-0.4, -0.2) is 27.1 Å². The van der Waals surface area contributed by atoms with E-state index < -0.39 is 0 Å². The van der Waals surface area contributed by atoms with Gasteiger partial charge < -0.3 is 0 Å². The Morgan fingerprint density at radius 1 is 0.889 bits per heavy atom. The Kier molecular flexibility index (Phi) is 5.47. The maximum atomic E-state index is 5.60. The zero-order chi connectivity index (χ0) is 12.6. The Labute approximate surface area is 115 Å². The van der Waals surface area contributed by atoms with E-state index in [-0.39, 0.29) is 0 Å². The molecule has 0 amide bonds. The van der Waals surface area contributed by atoms with E-state index in [9.17, 15) is 0 Å². The zero-order valence-electron chi connectivity index (χ0n) is 10.6. The second-order valence-corrected chi connectivity index (χ2v) is 6.56. The summed E-state index contributed by atoms with van der Waals surface area (Å²) in [4.78, 5) is 0. The summed E-state index contributed by atoms with van der Waals surface area (Å²) in [5.41, 5.74) is 2.77. The van der Waals surface area contributed by atoms with Crippen molar-refractivity contribution < 1.29 is 4.74 Å². The summed E-state index contributed by atoms with van der Waals surface area (Å²) in [5.74, 6) is 0. The van der Waals surface area contributed by atoms with Crippen molar-refractivity contribution in [2.24, 2.45) is 0 Å². The third kappa shape index (κ3) is 4.30. The molecule has 1 nitrogen and oxygen atoms in total. The van der Waals surface area contributed by atoms with Crippen LogP contribution in [0.25, 0.3) is 0 Å². The van der Waals surface area contributed by atoms with E-state index in [1.165, 1.54) is 11.1 Å². The van der Waals surface area contributed by atoms with Crippen LogP contribution in [0.2, 0.25) is 0 Å². The van der Waals surface area contributed by atoms with Gasteiger partial charge in [0.2, 0.25) is 0 Å². The number of hydrogen-bond acceptors (Lipinski definition) is 1. The number of rotatable bonds is 6. The molecule has 0 aliphatic heterocycles. The van der Waals surface area contributed by atoms with Crippen LogP contribution in [0.5, 0.6) is 0 Å². The van der Waals surface area contributed by atoms with Crippen molar-refractivity contribution in [3.63, 3.8) is 0 Å². The van der Waals surface area contributed by atoms with Gasteiger partial charge in [0.15, 0.2) is 0 Å². The molecule has 0 saturated heterocycles. The molecular weight excluding hydrogens is 287 g/mol. The fourth-order valence-electron chi connectivity index (χ4n) is 1.78. The summed E-state index contributed by atoms with van der Waals surface area (Å²) >= 11 is 0.478. The molecule has 0 bridgehead atoms. The van der Waals surface area contributed by atoms with Gasteiger partial charge in [-0.1, -0.05) is 0 Å². The third-order valence-electron chi connectivity index (χ3n) is 2.79. The fourth-order valence-corrected chi connectivity index (χ4v) is 3.91. The fraction of sp³-hybridized carbons (Fsp3) is 0.250. The monoisotopic (exact) mass is 306 g/mol. The SMILES string of the molecule is COC(Cc1ccccc1)[Se]Cc1ccccc1. The molecule has 0 aliphatic rings. The first-order valence-corrected chi connectivity index (χ1v) is 8.31.